The third-order valence-corrected chi connectivity index (χ3v) is 6.59. The number of aryl methyl sites for hydroxylation is 1. The van der Waals surface area contributed by atoms with E-state index < -0.39 is 16.0 Å². The molecule has 9 heteroatoms. The number of nitrogens with zero attached hydrogens (tertiary/aromatic N) is 3. The summed E-state index contributed by atoms with van der Waals surface area (Å²) in [5, 5.41) is 3.89. The average molecular weight is 461 g/mol. The van der Waals surface area contributed by atoms with Gasteiger partial charge in [-0.25, -0.2) is 17.4 Å². The molecule has 0 atom stereocenters. The quantitative estimate of drug-likeness (QED) is 0.442. The number of fused-ring (bicyclic) bond motifs is 1. The lowest BCUT2D eigenvalue weighted by Gasteiger charge is -2.09. The molecule has 0 saturated heterocycles. The summed E-state index contributed by atoms with van der Waals surface area (Å²) in [6, 6.07) is 12.1. The van der Waals surface area contributed by atoms with E-state index in [9.17, 15) is 12.8 Å². The third-order valence-electron chi connectivity index (χ3n) is 4.94. The predicted octanol–water partition coefficient (Wildman–Crippen LogP) is 3.85. The number of hydrogen-bond acceptors (Lipinski definition) is 5. The van der Waals surface area contributed by atoms with Crippen molar-refractivity contribution in [2.45, 2.75) is 24.8 Å². The van der Waals surface area contributed by atoms with E-state index in [0.717, 1.165) is 16.5 Å². The van der Waals surface area contributed by atoms with Gasteiger partial charge in [-0.1, -0.05) is 18.2 Å². The zero-order chi connectivity index (χ0) is 21.3. The molecule has 0 spiro atoms. The van der Waals surface area contributed by atoms with Crippen LogP contribution in [0, 0.1) is 12.9 Å². The summed E-state index contributed by atoms with van der Waals surface area (Å²) in [5.41, 5.74) is 3.27. The summed E-state index contributed by atoms with van der Waals surface area (Å²) in [6.45, 7) is 2.25. The first kappa shape index (κ1) is 22.9. The first-order valence-corrected chi connectivity index (χ1v) is 10.9. The largest absolute Gasteiger partial charge is 0.316 e. The van der Waals surface area contributed by atoms with Gasteiger partial charge in [0.1, 0.15) is 4.90 Å². The molecular weight excluding hydrogens is 439 g/mol. The fourth-order valence-corrected chi connectivity index (χ4v) is 4.82. The zero-order valence-electron chi connectivity index (χ0n) is 17.0. The van der Waals surface area contributed by atoms with Crippen LogP contribution in [0.1, 0.15) is 22.4 Å². The van der Waals surface area contributed by atoms with Crippen molar-refractivity contribution >= 4 is 33.3 Å². The van der Waals surface area contributed by atoms with Crippen LogP contribution in [-0.2, 0) is 23.0 Å². The van der Waals surface area contributed by atoms with Crippen molar-refractivity contribution < 1.29 is 12.8 Å². The van der Waals surface area contributed by atoms with E-state index in [-0.39, 0.29) is 17.3 Å². The molecule has 162 valence electrons. The number of aromatic nitrogens is 3. The highest BCUT2D eigenvalue weighted by atomic mass is 35.5. The zero-order valence-corrected chi connectivity index (χ0v) is 18.7. The van der Waals surface area contributed by atoms with Gasteiger partial charge >= 0.3 is 0 Å². The normalized spacial score (nSPS) is 11.5. The van der Waals surface area contributed by atoms with Crippen LogP contribution in [0.25, 0.3) is 10.9 Å². The van der Waals surface area contributed by atoms with Crippen LogP contribution in [-0.4, -0.2) is 29.4 Å². The molecule has 0 bridgehead atoms. The minimum Gasteiger partial charge on any atom is -0.316 e. The van der Waals surface area contributed by atoms with E-state index in [2.05, 4.69) is 15.3 Å². The van der Waals surface area contributed by atoms with Crippen LogP contribution in [0.2, 0.25) is 0 Å². The average Bonchev–Trinajstić information content (AvgIpc) is 3.10. The molecule has 4 aromatic rings. The highest BCUT2D eigenvalue weighted by molar-refractivity contribution is 7.90. The van der Waals surface area contributed by atoms with Gasteiger partial charge in [-0.15, -0.1) is 12.4 Å². The van der Waals surface area contributed by atoms with Crippen molar-refractivity contribution in [2.75, 3.05) is 7.05 Å². The lowest BCUT2D eigenvalue weighted by Crippen LogP contribution is -2.12. The van der Waals surface area contributed by atoms with Crippen molar-refractivity contribution in [1.29, 1.82) is 0 Å². The van der Waals surface area contributed by atoms with Crippen molar-refractivity contribution in [1.82, 2.24) is 19.3 Å². The molecule has 3 aromatic heterocycles. The van der Waals surface area contributed by atoms with Crippen LogP contribution in [0.3, 0.4) is 0 Å². The summed E-state index contributed by atoms with van der Waals surface area (Å²) in [5.74, 6) is -0.510. The maximum Gasteiger partial charge on any atom is 0.269 e. The van der Waals surface area contributed by atoms with Gasteiger partial charge < -0.3 is 5.32 Å². The Morgan fingerprint density at radius 1 is 1.13 bits per heavy atom. The molecule has 1 N–H and O–H groups in total. The van der Waals surface area contributed by atoms with Crippen LogP contribution >= 0.6 is 12.4 Å². The topological polar surface area (TPSA) is 76.9 Å². The molecule has 0 aliphatic heterocycles. The highest BCUT2D eigenvalue weighted by Gasteiger charge is 2.21. The van der Waals surface area contributed by atoms with Gasteiger partial charge in [-0.05, 0) is 49.4 Å². The Balaban J connectivity index is 0.00000272. The Hall–Kier alpha value is -2.81. The summed E-state index contributed by atoms with van der Waals surface area (Å²) in [4.78, 5) is 7.92. The first-order valence-electron chi connectivity index (χ1n) is 9.45. The minimum absolute atomic E-state index is 0. The maximum absolute atomic E-state index is 14.2. The summed E-state index contributed by atoms with van der Waals surface area (Å²) < 4.78 is 42.0. The SMILES string of the molecule is CNCc1cn(S(=O)(=O)c2cccnc2)c2cc(Cc3ccc(C)nc3F)ccc12.Cl. The molecule has 4 rings (SSSR count). The van der Waals surface area contributed by atoms with E-state index >= 15 is 0 Å². The number of pyridine rings is 2. The third kappa shape index (κ3) is 4.46. The molecule has 6 nitrogen and oxygen atoms in total. The van der Waals surface area contributed by atoms with Crippen molar-refractivity contribution in [3.63, 3.8) is 0 Å². The molecule has 0 amide bonds. The smallest absolute Gasteiger partial charge is 0.269 e. The summed E-state index contributed by atoms with van der Waals surface area (Å²) in [7, 11) is -2.02. The highest BCUT2D eigenvalue weighted by Crippen LogP contribution is 2.28. The maximum atomic E-state index is 14.2. The fourth-order valence-electron chi connectivity index (χ4n) is 3.47. The van der Waals surface area contributed by atoms with Crippen LogP contribution in [0.4, 0.5) is 4.39 Å². The molecule has 0 aliphatic rings. The molecule has 0 radical (unpaired) electrons. The monoisotopic (exact) mass is 460 g/mol. The first-order chi connectivity index (χ1) is 14.4. The fraction of sp³-hybridized carbons (Fsp3) is 0.182. The lowest BCUT2D eigenvalue weighted by molar-refractivity contribution is 0.566. The number of hydrogen-bond donors (Lipinski definition) is 1. The van der Waals surface area contributed by atoms with Crippen molar-refractivity contribution in [2.24, 2.45) is 0 Å². The lowest BCUT2D eigenvalue weighted by atomic mass is 10.0. The molecule has 0 fully saturated rings. The summed E-state index contributed by atoms with van der Waals surface area (Å²) >= 11 is 0. The molecule has 0 aliphatic carbocycles. The van der Waals surface area contributed by atoms with Crippen LogP contribution in [0.5, 0.6) is 0 Å². The van der Waals surface area contributed by atoms with E-state index in [1.165, 1.54) is 22.4 Å². The number of rotatable bonds is 6. The molecule has 31 heavy (non-hydrogen) atoms. The second-order valence-electron chi connectivity index (χ2n) is 7.11. The second kappa shape index (κ2) is 9.13. The van der Waals surface area contributed by atoms with Gasteiger partial charge in [-0.2, -0.15) is 4.39 Å². The van der Waals surface area contributed by atoms with Gasteiger partial charge in [0, 0.05) is 48.2 Å². The van der Waals surface area contributed by atoms with Gasteiger partial charge in [0.05, 0.1) is 5.52 Å². The second-order valence-corrected chi connectivity index (χ2v) is 8.92. The molecule has 0 unspecified atom stereocenters. The van der Waals surface area contributed by atoms with Crippen LogP contribution in [0.15, 0.2) is 66.0 Å². The van der Waals surface area contributed by atoms with Gasteiger partial charge in [0.2, 0.25) is 5.95 Å². The van der Waals surface area contributed by atoms with Crippen LogP contribution < -0.4 is 5.32 Å². The van der Waals surface area contributed by atoms with Gasteiger partial charge in [-0.3, -0.25) is 4.98 Å². The Morgan fingerprint density at radius 2 is 1.94 bits per heavy atom. The minimum atomic E-state index is -3.83. The van der Waals surface area contributed by atoms with Crippen molar-refractivity contribution in [3.8, 4) is 0 Å². The van der Waals surface area contributed by atoms with E-state index in [4.69, 9.17) is 0 Å². The standard InChI is InChI=1S/C22H21FN4O2S.ClH/c1-15-5-7-17(22(23)26-15)10-16-6-8-20-18(12-24-2)14-27(21(20)11-16)30(28,29)19-4-3-9-25-13-19;/h3-9,11,13-14,24H,10,12H2,1-2H3;1H. The molecule has 3 heterocycles. The molecule has 0 saturated carbocycles. The predicted molar refractivity (Wildman–Crippen MR) is 121 cm³/mol. The van der Waals surface area contributed by atoms with E-state index in [1.54, 1.807) is 44.4 Å². The summed E-state index contributed by atoms with van der Waals surface area (Å²) in [6.07, 6.45) is 4.80. The number of nitrogens with one attached hydrogen (secondary N) is 1. The Labute approximate surface area is 186 Å². The van der Waals surface area contributed by atoms with Gasteiger partial charge in [0.25, 0.3) is 10.0 Å². The Bertz CT molecular complexity index is 1320. The van der Waals surface area contributed by atoms with Gasteiger partial charge in [0.15, 0.2) is 0 Å². The Kier molecular flexibility index (Phi) is 6.74. The number of halogens is 2. The van der Waals surface area contributed by atoms with E-state index in [1.807, 2.05) is 12.1 Å². The molecular formula is C22H22ClFN4O2S. The van der Waals surface area contributed by atoms with E-state index in [0.29, 0.717) is 29.7 Å². The Morgan fingerprint density at radius 3 is 2.61 bits per heavy atom. The molecule has 1 aromatic carbocycles. The number of benzene rings is 1. The van der Waals surface area contributed by atoms with Crippen molar-refractivity contribution in [3.05, 3.63) is 89.4 Å².